The van der Waals surface area contributed by atoms with Crippen molar-refractivity contribution < 1.29 is 26.4 Å². The van der Waals surface area contributed by atoms with Gasteiger partial charge in [0.1, 0.15) is 0 Å². The number of guanidine groups is 1. The lowest BCUT2D eigenvalue weighted by molar-refractivity contribution is -0.121. The van der Waals surface area contributed by atoms with Gasteiger partial charge in [0.15, 0.2) is 5.96 Å². The van der Waals surface area contributed by atoms with Crippen molar-refractivity contribution in [2.75, 3.05) is 33.2 Å². The molecule has 1 aliphatic heterocycles. The first-order chi connectivity index (χ1) is 13.0. The summed E-state index contributed by atoms with van der Waals surface area (Å²) in [4.78, 5) is 15.8. The molecule has 29 heavy (non-hydrogen) atoms. The summed E-state index contributed by atoms with van der Waals surface area (Å²) >= 11 is 0. The average Bonchev–Trinajstić information content (AvgIpc) is 2.63. The second-order valence-corrected chi connectivity index (χ2v) is 8.73. The molecule has 1 atom stereocenters. The summed E-state index contributed by atoms with van der Waals surface area (Å²) < 4.78 is 61.1. The molecular weight excluding hydrogens is 526 g/mol. The maximum atomic E-state index is 12.6. The van der Waals surface area contributed by atoms with E-state index in [1.165, 1.54) is 0 Å². The van der Waals surface area contributed by atoms with E-state index in [0.717, 1.165) is 6.42 Å². The van der Waals surface area contributed by atoms with Crippen molar-refractivity contribution >= 4 is 45.9 Å². The Bertz CT molecular complexity index is 638. The van der Waals surface area contributed by atoms with Crippen molar-refractivity contribution in [1.82, 2.24) is 20.3 Å². The van der Waals surface area contributed by atoms with Crippen LogP contribution in [0, 0.1) is 5.92 Å². The minimum absolute atomic E-state index is 0. The summed E-state index contributed by atoms with van der Waals surface area (Å²) in [5.41, 5.74) is -5.26. The number of rotatable bonds is 8. The van der Waals surface area contributed by atoms with Crippen LogP contribution in [0.5, 0.6) is 0 Å². The van der Waals surface area contributed by atoms with Gasteiger partial charge in [0.25, 0.3) is 0 Å². The van der Waals surface area contributed by atoms with Gasteiger partial charge in [-0.25, -0.2) is 8.42 Å². The van der Waals surface area contributed by atoms with Gasteiger partial charge in [0, 0.05) is 45.7 Å². The zero-order valence-corrected chi connectivity index (χ0v) is 20.0. The molecule has 0 radical (unpaired) electrons. The summed E-state index contributed by atoms with van der Waals surface area (Å²) in [7, 11) is -3.67. The van der Waals surface area contributed by atoms with Gasteiger partial charge >= 0.3 is 15.5 Å². The number of nitrogens with one attached hydrogen (secondary N) is 3. The maximum Gasteiger partial charge on any atom is 0.511 e. The van der Waals surface area contributed by atoms with Gasteiger partial charge < -0.3 is 16.0 Å². The summed E-state index contributed by atoms with van der Waals surface area (Å²) in [5.74, 6) is 0.462. The van der Waals surface area contributed by atoms with E-state index in [1.807, 2.05) is 13.8 Å². The molecule has 0 aliphatic carbocycles. The van der Waals surface area contributed by atoms with Crippen LogP contribution in [0.2, 0.25) is 0 Å². The van der Waals surface area contributed by atoms with E-state index in [0.29, 0.717) is 42.6 Å². The van der Waals surface area contributed by atoms with E-state index in [9.17, 15) is 26.4 Å². The van der Waals surface area contributed by atoms with Crippen LogP contribution in [0.1, 0.15) is 39.5 Å². The molecule has 1 amide bonds. The van der Waals surface area contributed by atoms with Gasteiger partial charge in [-0.15, -0.1) is 24.0 Å². The van der Waals surface area contributed by atoms with Crippen LogP contribution >= 0.6 is 24.0 Å². The molecule has 1 heterocycles. The highest BCUT2D eigenvalue weighted by Crippen LogP contribution is 2.30. The summed E-state index contributed by atoms with van der Waals surface area (Å²) in [6, 6.07) is 0.122. The molecule has 0 spiro atoms. The lowest BCUT2D eigenvalue weighted by Gasteiger charge is -2.31. The minimum Gasteiger partial charge on any atom is -0.356 e. The van der Waals surface area contributed by atoms with Crippen molar-refractivity contribution in [3.63, 3.8) is 0 Å². The Morgan fingerprint density at radius 3 is 2.31 bits per heavy atom. The molecule has 13 heteroatoms. The number of aliphatic imine (C=N–C) groups is 1. The Morgan fingerprint density at radius 2 is 1.83 bits per heavy atom. The standard InChI is InChI=1S/C16H30F3N5O3S.HI/c1-4-12(2)23-14(25)5-8-21-15(20-3)22-11-13-6-9-24(10-7-13)28(26,27)16(17,18)19;/h12-13H,4-11H2,1-3H3,(H,23,25)(H2,20,21,22);1H. The SMILES string of the molecule is CCC(C)NC(=O)CCNC(=NC)NCC1CCN(S(=O)(=O)C(F)(F)F)CC1.I. The van der Waals surface area contributed by atoms with Crippen molar-refractivity contribution in [3.8, 4) is 0 Å². The third kappa shape index (κ3) is 9.24. The number of amides is 1. The molecule has 1 unspecified atom stereocenters. The van der Waals surface area contributed by atoms with Crippen LogP contribution in [0.25, 0.3) is 0 Å². The first kappa shape index (κ1) is 28.2. The van der Waals surface area contributed by atoms with Crippen LogP contribution in [0.4, 0.5) is 13.2 Å². The van der Waals surface area contributed by atoms with Gasteiger partial charge in [-0.2, -0.15) is 17.5 Å². The Hall–Kier alpha value is -0.830. The number of hydrogen-bond acceptors (Lipinski definition) is 4. The summed E-state index contributed by atoms with van der Waals surface area (Å²) in [6.07, 6.45) is 1.80. The van der Waals surface area contributed by atoms with Crippen molar-refractivity contribution in [1.29, 1.82) is 0 Å². The first-order valence-corrected chi connectivity index (χ1v) is 10.8. The number of piperidine rings is 1. The second-order valence-electron chi connectivity index (χ2n) is 6.80. The summed E-state index contributed by atoms with van der Waals surface area (Å²) in [6.45, 7) is 4.45. The van der Waals surface area contributed by atoms with Gasteiger partial charge in [-0.3, -0.25) is 9.79 Å². The van der Waals surface area contributed by atoms with E-state index in [1.54, 1.807) is 7.05 Å². The summed E-state index contributed by atoms with van der Waals surface area (Å²) in [5, 5.41) is 8.93. The molecule has 0 saturated carbocycles. The van der Waals surface area contributed by atoms with Crippen LogP contribution in [-0.2, 0) is 14.8 Å². The van der Waals surface area contributed by atoms with E-state index in [4.69, 9.17) is 0 Å². The largest absolute Gasteiger partial charge is 0.511 e. The fraction of sp³-hybridized carbons (Fsp3) is 0.875. The monoisotopic (exact) mass is 557 g/mol. The molecule has 0 bridgehead atoms. The fourth-order valence-electron chi connectivity index (χ4n) is 2.71. The van der Waals surface area contributed by atoms with E-state index < -0.39 is 15.5 Å². The highest BCUT2D eigenvalue weighted by molar-refractivity contribution is 14.0. The highest BCUT2D eigenvalue weighted by Gasteiger charge is 2.50. The smallest absolute Gasteiger partial charge is 0.356 e. The molecule has 1 saturated heterocycles. The molecule has 3 N–H and O–H groups in total. The predicted molar refractivity (Wildman–Crippen MR) is 117 cm³/mol. The number of sulfonamides is 1. The van der Waals surface area contributed by atoms with Crippen molar-refractivity contribution in [2.24, 2.45) is 10.9 Å². The number of carbonyl (C=O) groups excluding carboxylic acids is 1. The van der Waals surface area contributed by atoms with E-state index in [2.05, 4.69) is 20.9 Å². The molecular formula is C16H31F3IN5O3S. The number of carbonyl (C=O) groups is 1. The molecule has 0 aromatic rings. The molecule has 1 rings (SSSR count). The fourth-order valence-corrected chi connectivity index (χ4v) is 3.69. The van der Waals surface area contributed by atoms with E-state index >= 15 is 0 Å². The average molecular weight is 557 g/mol. The Labute approximate surface area is 187 Å². The van der Waals surface area contributed by atoms with Crippen molar-refractivity contribution in [2.45, 2.75) is 51.1 Å². The normalized spacial score (nSPS) is 17.9. The number of alkyl halides is 3. The molecule has 0 aromatic heterocycles. The Kier molecular flexibility index (Phi) is 12.4. The zero-order chi connectivity index (χ0) is 21.4. The Balaban J connectivity index is 0.00000784. The molecule has 0 aromatic carbocycles. The lowest BCUT2D eigenvalue weighted by atomic mass is 9.98. The third-order valence-electron chi connectivity index (χ3n) is 4.65. The maximum absolute atomic E-state index is 12.6. The zero-order valence-electron chi connectivity index (χ0n) is 16.9. The lowest BCUT2D eigenvalue weighted by Crippen LogP contribution is -2.47. The van der Waals surface area contributed by atoms with Crippen LogP contribution in [-0.4, -0.2) is 69.4 Å². The Morgan fingerprint density at radius 1 is 1.24 bits per heavy atom. The number of nitrogens with zero attached hydrogens (tertiary/aromatic N) is 2. The number of hydrogen-bond donors (Lipinski definition) is 3. The molecule has 172 valence electrons. The van der Waals surface area contributed by atoms with Crippen molar-refractivity contribution in [3.05, 3.63) is 0 Å². The van der Waals surface area contributed by atoms with Gasteiger partial charge in [-0.05, 0) is 32.1 Å². The van der Waals surface area contributed by atoms with Gasteiger partial charge in [-0.1, -0.05) is 6.92 Å². The number of halogens is 4. The van der Waals surface area contributed by atoms with Gasteiger partial charge in [0.2, 0.25) is 5.91 Å². The third-order valence-corrected chi connectivity index (χ3v) is 6.28. The minimum atomic E-state index is -5.26. The second kappa shape index (κ2) is 12.8. The first-order valence-electron chi connectivity index (χ1n) is 9.31. The van der Waals surface area contributed by atoms with Crippen LogP contribution in [0.3, 0.4) is 0 Å². The predicted octanol–water partition coefficient (Wildman–Crippen LogP) is 1.64. The topological polar surface area (TPSA) is 103 Å². The van der Waals surface area contributed by atoms with Crippen LogP contribution in [0.15, 0.2) is 4.99 Å². The molecule has 8 nitrogen and oxygen atoms in total. The highest BCUT2D eigenvalue weighted by atomic mass is 127. The molecule has 1 fully saturated rings. The molecule has 1 aliphatic rings. The van der Waals surface area contributed by atoms with Gasteiger partial charge in [0.05, 0.1) is 0 Å². The van der Waals surface area contributed by atoms with E-state index in [-0.39, 0.29) is 54.9 Å². The quantitative estimate of drug-likeness (QED) is 0.239. The van der Waals surface area contributed by atoms with Crippen LogP contribution < -0.4 is 16.0 Å².